The lowest BCUT2D eigenvalue weighted by atomic mass is 10.2. The molecular weight excluding hydrogens is 192 g/mol. The van der Waals surface area contributed by atoms with Crippen LogP contribution in [0.15, 0.2) is 0 Å². The lowest BCUT2D eigenvalue weighted by molar-refractivity contribution is -0.122. The highest BCUT2D eigenvalue weighted by molar-refractivity contribution is 5.78. The van der Waals surface area contributed by atoms with Gasteiger partial charge in [-0.2, -0.15) is 0 Å². The second kappa shape index (κ2) is 6.80. The molecule has 0 aliphatic carbocycles. The van der Waals surface area contributed by atoms with E-state index in [4.69, 9.17) is 0 Å². The van der Waals surface area contributed by atoms with Crippen molar-refractivity contribution in [3.8, 4) is 0 Å². The zero-order valence-corrected chi connectivity index (χ0v) is 9.54. The minimum Gasteiger partial charge on any atom is -0.392 e. The summed E-state index contributed by atoms with van der Waals surface area (Å²) in [6, 6.07) is 0. The van der Waals surface area contributed by atoms with Crippen LogP contribution in [0.1, 0.15) is 32.6 Å². The van der Waals surface area contributed by atoms with Crippen molar-refractivity contribution in [2.24, 2.45) is 0 Å². The second-order valence-electron chi connectivity index (χ2n) is 4.23. The van der Waals surface area contributed by atoms with Crippen LogP contribution < -0.4 is 5.32 Å². The van der Waals surface area contributed by atoms with Gasteiger partial charge in [0.1, 0.15) is 0 Å². The summed E-state index contributed by atoms with van der Waals surface area (Å²) in [4.78, 5) is 13.4. The Morgan fingerprint density at radius 3 is 2.93 bits per heavy atom. The van der Waals surface area contributed by atoms with Gasteiger partial charge in [-0.1, -0.05) is 19.8 Å². The topological polar surface area (TPSA) is 52.6 Å². The lowest BCUT2D eigenvalue weighted by Crippen LogP contribution is -2.36. The number of aliphatic hydroxyl groups is 1. The third-order valence-corrected chi connectivity index (χ3v) is 2.72. The number of carbonyl (C=O) groups is 1. The molecule has 1 atom stereocenters. The molecule has 4 heteroatoms. The van der Waals surface area contributed by atoms with Gasteiger partial charge in [0.15, 0.2) is 0 Å². The SMILES string of the molecule is CCCCCNC(=O)CN1CC[C@H](O)C1. The van der Waals surface area contributed by atoms with E-state index in [0.29, 0.717) is 13.1 Å². The minimum atomic E-state index is -0.238. The molecule has 1 saturated heterocycles. The molecule has 1 fully saturated rings. The summed E-state index contributed by atoms with van der Waals surface area (Å²) in [5.41, 5.74) is 0. The summed E-state index contributed by atoms with van der Waals surface area (Å²) in [6.07, 6.45) is 3.96. The average Bonchev–Trinajstić information content (AvgIpc) is 2.59. The van der Waals surface area contributed by atoms with Crippen molar-refractivity contribution < 1.29 is 9.90 Å². The lowest BCUT2D eigenvalue weighted by Gasteiger charge is -2.14. The maximum atomic E-state index is 11.4. The number of nitrogens with one attached hydrogen (secondary N) is 1. The Labute approximate surface area is 91.6 Å². The third kappa shape index (κ3) is 5.14. The van der Waals surface area contributed by atoms with Crippen molar-refractivity contribution in [3.05, 3.63) is 0 Å². The first-order valence-corrected chi connectivity index (χ1v) is 5.89. The Morgan fingerprint density at radius 1 is 1.53 bits per heavy atom. The van der Waals surface area contributed by atoms with Crippen molar-refractivity contribution in [2.75, 3.05) is 26.2 Å². The molecule has 15 heavy (non-hydrogen) atoms. The number of hydrogen-bond acceptors (Lipinski definition) is 3. The standard InChI is InChI=1S/C11H22N2O2/c1-2-3-4-6-12-11(15)9-13-7-5-10(14)8-13/h10,14H,2-9H2,1H3,(H,12,15)/t10-/m0/s1. The second-order valence-corrected chi connectivity index (χ2v) is 4.23. The maximum Gasteiger partial charge on any atom is 0.234 e. The van der Waals surface area contributed by atoms with Gasteiger partial charge >= 0.3 is 0 Å². The molecule has 88 valence electrons. The molecule has 0 saturated carbocycles. The molecule has 1 amide bonds. The van der Waals surface area contributed by atoms with Crippen molar-refractivity contribution in [1.82, 2.24) is 10.2 Å². The highest BCUT2D eigenvalue weighted by Gasteiger charge is 2.21. The number of unbranched alkanes of at least 4 members (excludes halogenated alkanes) is 2. The van der Waals surface area contributed by atoms with Crippen molar-refractivity contribution in [2.45, 2.75) is 38.7 Å². The molecule has 1 heterocycles. The summed E-state index contributed by atoms with van der Waals surface area (Å²) >= 11 is 0. The molecule has 2 N–H and O–H groups in total. The van der Waals surface area contributed by atoms with Gasteiger partial charge in [0.2, 0.25) is 5.91 Å². The zero-order valence-electron chi connectivity index (χ0n) is 9.54. The van der Waals surface area contributed by atoms with Crippen LogP contribution in [0.3, 0.4) is 0 Å². The Hall–Kier alpha value is -0.610. The van der Waals surface area contributed by atoms with E-state index < -0.39 is 0 Å². The van der Waals surface area contributed by atoms with Crippen LogP contribution in [0.4, 0.5) is 0 Å². The van der Waals surface area contributed by atoms with Crippen LogP contribution in [0.5, 0.6) is 0 Å². The molecule has 0 unspecified atom stereocenters. The van der Waals surface area contributed by atoms with Crippen LogP contribution in [-0.4, -0.2) is 48.2 Å². The fourth-order valence-corrected chi connectivity index (χ4v) is 1.82. The molecule has 0 aromatic carbocycles. The summed E-state index contributed by atoms with van der Waals surface area (Å²) < 4.78 is 0. The van der Waals surface area contributed by atoms with E-state index in [1.165, 1.54) is 12.8 Å². The minimum absolute atomic E-state index is 0.0835. The van der Waals surface area contributed by atoms with Crippen LogP contribution in [0.2, 0.25) is 0 Å². The first kappa shape index (κ1) is 12.5. The van der Waals surface area contributed by atoms with Gasteiger partial charge in [0.05, 0.1) is 12.6 Å². The Bertz CT molecular complexity index is 197. The van der Waals surface area contributed by atoms with Gasteiger partial charge < -0.3 is 10.4 Å². The first-order chi connectivity index (χ1) is 7.22. The normalized spacial score (nSPS) is 21.9. The predicted octanol–water partition coefficient (Wildman–Crippen LogP) is 0.359. The monoisotopic (exact) mass is 214 g/mol. The quantitative estimate of drug-likeness (QED) is 0.628. The molecule has 0 radical (unpaired) electrons. The number of carbonyl (C=O) groups excluding carboxylic acids is 1. The number of β-amino-alcohol motifs (C(OH)–C–C–N with tert-alkyl or cyclic N) is 1. The van der Waals surface area contributed by atoms with Gasteiger partial charge in [-0.05, 0) is 12.8 Å². The summed E-state index contributed by atoms with van der Waals surface area (Å²) in [5.74, 6) is 0.0835. The highest BCUT2D eigenvalue weighted by Crippen LogP contribution is 2.07. The highest BCUT2D eigenvalue weighted by atomic mass is 16.3. The Morgan fingerprint density at radius 2 is 2.33 bits per heavy atom. The summed E-state index contributed by atoms with van der Waals surface area (Å²) in [5, 5.41) is 12.2. The number of nitrogens with zero attached hydrogens (tertiary/aromatic N) is 1. The van der Waals surface area contributed by atoms with Crippen LogP contribution in [-0.2, 0) is 4.79 Å². The fourth-order valence-electron chi connectivity index (χ4n) is 1.82. The number of likely N-dealkylation sites (tertiary alicyclic amines) is 1. The van der Waals surface area contributed by atoms with E-state index in [2.05, 4.69) is 12.2 Å². The smallest absolute Gasteiger partial charge is 0.234 e. The number of aliphatic hydroxyl groups excluding tert-OH is 1. The van der Waals surface area contributed by atoms with Gasteiger partial charge in [-0.25, -0.2) is 0 Å². The molecule has 1 aliphatic rings. The first-order valence-electron chi connectivity index (χ1n) is 5.89. The number of rotatable bonds is 6. The Kier molecular flexibility index (Phi) is 5.65. The number of amides is 1. The van der Waals surface area contributed by atoms with Gasteiger partial charge in [-0.15, -0.1) is 0 Å². The van der Waals surface area contributed by atoms with E-state index >= 15 is 0 Å². The third-order valence-electron chi connectivity index (χ3n) is 2.72. The van der Waals surface area contributed by atoms with E-state index in [1.807, 2.05) is 4.90 Å². The summed E-state index contributed by atoms with van der Waals surface area (Å²) in [6.45, 7) is 4.84. The van der Waals surface area contributed by atoms with Gasteiger partial charge in [0.25, 0.3) is 0 Å². The van der Waals surface area contributed by atoms with E-state index in [0.717, 1.165) is 25.9 Å². The molecule has 0 bridgehead atoms. The Balaban J connectivity index is 2.03. The van der Waals surface area contributed by atoms with Crippen LogP contribution in [0, 0.1) is 0 Å². The van der Waals surface area contributed by atoms with E-state index in [9.17, 15) is 9.90 Å². The van der Waals surface area contributed by atoms with E-state index in [-0.39, 0.29) is 12.0 Å². The molecule has 1 rings (SSSR count). The molecule has 0 aromatic rings. The average molecular weight is 214 g/mol. The maximum absolute atomic E-state index is 11.4. The zero-order chi connectivity index (χ0) is 11.1. The van der Waals surface area contributed by atoms with E-state index in [1.54, 1.807) is 0 Å². The molecule has 0 aromatic heterocycles. The van der Waals surface area contributed by atoms with Crippen molar-refractivity contribution in [3.63, 3.8) is 0 Å². The predicted molar refractivity (Wildman–Crippen MR) is 59.6 cm³/mol. The van der Waals surface area contributed by atoms with Crippen molar-refractivity contribution >= 4 is 5.91 Å². The number of hydrogen-bond donors (Lipinski definition) is 2. The van der Waals surface area contributed by atoms with Crippen LogP contribution in [0.25, 0.3) is 0 Å². The molecule has 1 aliphatic heterocycles. The molecule has 0 spiro atoms. The van der Waals surface area contributed by atoms with Gasteiger partial charge in [0, 0.05) is 19.6 Å². The van der Waals surface area contributed by atoms with Gasteiger partial charge in [-0.3, -0.25) is 9.69 Å². The largest absolute Gasteiger partial charge is 0.392 e. The fraction of sp³-hybridized carbons (Fsp3) is 0.909. The summed E-state index contributed by atoms with van der Waals surface area (Å²) in [7, 11) is 0. The molecule has 4 nitrogen and oxygen atoms in total. The van der Waals surface area contributed by atoms with Crippen LogP contribution >= 0.6 is 0 Å². The molecular formula is C11H22N2O2. The van der Waals surface area contributed by atoms with Crippen molar-refractivity contribution in [1.29, 1.82) is 0 Å².